The van der Waals surface area contributed by atoms with Crippen molar-refractivity contribution in [3.05, 3.63) is 0 Å². The van der Waals surface area contributed by atoms with Crippen molar-refractivity contribution >= 4 is 0 Å². The van der Waals surface area contributed by atoms with Crippen LogP contribution in [-0.2, 0) is 4.74 Å². The van der Waals surface area contributed by atoms with Crippen molar-refractivity contribution in [1.29, 1.82) is 0 Å². The quantitative estimate of drug-likeness (QED) is 0.617. The maximum absolute atomic E-state index is 5.06. The lowest BCUT2D eigenvalue weighted by Gasteiger charge is -2.35. The first kappa shape index (κ1) is 12.0. The average molecular weight is 200 g/mol. The fourth-order valence-corrected chi connectivity index (χ4v) is 2.08. The van der Waals surface area contributed by atoms with E-state index in [1.165, 1.54) is 32.5 Å². The van der Waals surface area contributed by atoms with Crippen molar-refractivity contribution in [3.63, 3.8) is 0 Å². The summed E-state index contributed by atoms with van der Waals surface area (Å²) in [6.45, 7) is 4.55. The minimum absolute atomic E-state index is 0.794. The van der Waals surface area contributed by atoms with Gasteiger partial charge in [-0.05, 0) is 46.4 Å². The third-order valence-electron chi connectivity index (χ3n) is 3.17. The van der Waals surface area contributed by atoms with Crippen molar-refractivity contribution in [2.75, 3.05) is 47.4 Å². The predicted octanol–water partition coefficient (Wildman–Crippen LogP) is 1.05. The highest BCUT2D eigenvalue weighted by Gasteiger charge is 2.19. The molecule has 0 bridgehead atoms. The summed E-state index contributed by atoms with van der Waals surface area (Å²) < 4.78 is 5.06. The normalized spacial score (nSPS) is 20.6. The van der Waals surface area contributed by atoms with Gasteiger partial charge in [0.05, 0.1) is 0 Å². The van der Waals surface area contributed by atoms with Crippen LogP contribution >= 0.6 is 0 Å². The zero-order valence-corrected chi connectivity index (χ0v) is 9.83. The van der Waals surface area contributed by atoms with Crippen molar-refractivity contribution in [1.82, 2.24) is 9.80 Å². The average Bonchev–Trinajstić information content (AvgIpc) is 2.19. The van der Waals surface area contributed by atoms with E-state index in [0.29, 0.717) is 0 Å². The molecule has 1 fully saturated rings. The molecule has 84 valence electrons. The van der Waals surface area contributed by atoms with E-state index in [0.717, 1.165) is 19.1 Å². The number of hydrogen-bond donors (Lipinski definition) is 0. The molecule has 0 aromatic carbocycles. The van der Waals surface area contributed by atoms with Gasteiger partial charge < -0.3 is 14.5 Å². The maximum Gasteiger partial charge on any atom is 0.0474 e. The lowest BCUT2D eigenvalue weighted by molar-refractivity contribution is 0.126. The van der Waals surface area contributed by atoms with Gasteiger partial charge in [0.15, 0.2) is 0 Å². The van der Waals surface area contributed by atoms with Gasteiger partial charge in [-0.3, -0.25) is 0 Å². The molecule has 0 radical (unpaired) electrons. The molecule has 0 unspecified atom stereocenters. The molecular formula is C11H24N2O. The third kappa shape index (κ3) is 3.95. The SMILES string of the molecule is COCCCN(C)C1CCN(C)CC1. The van der Waals surface area contributed by atoms with Gasteiger partial charge in [0.2, 0.25) is 0 Å². The van der Waals surface area contributed by atoms with Gasteiger partial charge in [0.25, 0.3) is 0 Å². The molecule has 0 saturated carbocycles. The van der Waals surface area contributed by atoms with E-state index < -0.39 is 0 Å². The first-order valence-electron chi connectivity index (χ1n) is 5.61. The van der Waals surface area contributed by atoms with Crippen molar-refractivity contribution in [3.8, 4) is 0 Å². The highest BCUT2D eigenvalue weighted by atomic mass is 16.5. The van der Waals surface area contributed by atoms with Crippen molar-refractivity contribution in [2.45, 2.75) is 25.3 Å². The fourth-order valence-electron chi connectivity index (χ4n) is 2.08. The van der Waals surface area contributed by atoms with Crippen LogP contribution in [0.1, 0.15) is 19.3 Å². The van der Waals surface area contributed by atoms with Crippen molar-refractivity contribution < 1.29 is 4.74 Å². The summed E-state index contributed by atoms with van der Waals surface area (Å²) in [5, 5.41) is 0. The highest BCUT2D eigenvalue weighted by Crippen LogP contribution is 2.13. The van der Waals surface area contributed by atoms with E-state index in [1.807, 2.05) is 0 Å². The Kier molecular flexibility index (Phi) is 5.45. The molecule has 0 amide bonds. The van der Waals surface area contributed by atoms with E-state index >= 15 is 0 Å². The third-order valence-corrected chi connectivity index (χ3v) is 3.17. The van der Waals surface area contributed by atoms with Gasteiger partial charge in [-0.25, -0.2) is 0 Å². The molecule has 0 aromatic rings. The maximum atomic E-state index is 5.06. The molecule has 14 heavy (non-hydrogen) atoms. The summed E-state index contributed by atoms with van der Waals surface area (Å²) in [6, 6.07) is 0.794. The Morgan fingerprint density at radius 3 is 2.57 bits per heavy atom. The van der Waals surface area contributed by atoms with Crippen LogP contribution in [0, 0.1) is 0 Å². The zero-order valence-electron chi connectivity index (χ0n) is 9.83. The molecule has 3 nitrogen and oxygen atoms in total. The van der Waals surface area contributed by atoms with Gasteiger partial charge >= 0.3 is 0 Å². The number of likely N-dealkylation sites (tertiary alicyclic amines) is 1. The van der Waals surface area contributed by atoms with Crippen LogP contribution in [0.5, 0.6) is 0 Å². The molecule has 0 atom stereocenters. The molecule has 1 rings (SSSR count). The van der Waals surface area contributed by atoms with Gasteiger partial charge in [-0.2, -0.15) is 0 Å². The van der Waals surface area contributed by atoms with Crippen LogP contribution in [0.2, 0.25) is 0 Å². The first-order valence-corrected chi connectivity index (χ1v) is 5.61. The van der Waals surface area contributed by atoms with Gasteiger partial charge in [0.1, 0.15) is 0 Å². The topological polar surface area (TPSA) is 15.7 Å². The number of rotatable bonds is 5. The number of nitrogens with zero attached hydrogens (tertiary/aromatic N) is 2. The van der Waals surface area contributed by atoms with E-state index in [9.17, 15) is 0 Å². The second-order valence-corrected chi connectivity index (χ2v) is 4.36. The number of methoxy groups -OCH3 is 1. The summed E-state index contributed by atoms with van der Waals surface area (Å²) in [6.07, 6.45) is 3.79. The molecular weight excluding hydrogens is 176 g/mol. The molecule has 1 heterocycles. The van der Waals surface area contributed by atoms with Crippen LogP contribution in [0.4, 0.5) is 0 Å². The molecule has 3 heteroatoms. The van der Waals surface area contributed by atoms with Gasteiger partial charge in [-0.1, -0.05) is 0 Å². The fraction of sp³-hybridized carbons (Fsp3) is 1.00. The molecule has 0 aliphatic carbocycles. The Labute approximate surface area is 88.0 Å². The summed E-state index contributed by atoms with van der Waals surface area (Å²) in [7, 11) is 6.22. The van der Waals surface area contributed by atoms with Crippen LogP contribution < -0.4 is 0 Å². The molecule has 0 N–H and O–H groups in total. The Morgan fingerprint density at radius 2 is 2.00 bits per heavy atom. The minimum Gasteiger partial charge on any atom is -0.385 e. The lowest BCUT2D eigenvalue weighted by Crippen LogP contribution is -2.42. The number of piperidine rings is 1. The monoisotopic (exact) mass is 200 g/mol. The first-order chi connectivity index (χ1) is 6.74. The molecule has 1 aliphatic rings. The van der Waals surface area contributed by atoms with E-state index in [4.69, 9.17) is 4.74 Å². The molecule has 1 saturated heterocycles. The van der Waals surface area contributed by atoms with E-state index in [2.05, 4.69) is 23.9 Å². The zero-order chi connectivity index (χ0) is 10.4. The molecule has 0 spiro atoms. The minimum atomic E-state index is 0.794. The van der Waals surface area contributed by atoms with Gasteiger partial charge in [-0.15, -0.1) is 0 Å². The molecule has 1 aliphatic heterocycles. The van der Waals surface area contributed by atoms with Gasteiger partial charge in [0, 0.05) is 26.3 Å². The smallest absolute Gasteiger partial charge is 0.0474 e. The van der Waals surface area contributed by atoms with Crippen LogP contribution in [-0.4, -0.2) is 63.3 Å². The van der Waals surface area contributed by atoms with E-state index in [-0.39, 0.29) is 0 Å². The Hall–Kier alpha value is -0.120. The Balaban J connectivity index is 2.13. The summed E-state index contributed by atoms with van der Waals surface area (Å²) >= 11 is 0. The van der Waals surface area contributed by atoms with Crippen LogP contribution in [0.25, 0.3) is 0 Å². The second kappa shape index (κ2) is 6.38. The predicted molar refractivity (Wildman–Crippen MR) is 59.6 cm³/mol. The summed E-state index contributed by atoms with van der Waals surface area (Å²) in [5.74, 6) is 0. The van der Waals surface area contributed by atoms with Crippen molar-refractivity contribution in [2.24, 2.45) is 0 Å². The largest absolute Gasteiger partial charge is 0.385 e. The van der Waals surface area contributed by atoms with Crippen LogP contribution in [0.3, 0.4) is 0 Å². The standard InChI is InChI=1S/C11H24N2O/c1-12-8-5-11(6-9-12)13(2)7-4-10-14-3/h11H,4-10H2,1-3H3. The second-order valence-electron chi connectivity index (χ2n) is 4.36. The van der Waals surface area contributed by atoms with E-state index in [1.54, 1.807) is 7.11 Å². The Morgan fingerprint density at radius 1 is 1.36 bits per heavy atom. The Bertz CT molecular complexity index is 144. The summed E-state index contributed by atoms with van der Waals surface area (Å²) in [4.78, 5) is 4.91. The number of hydrogen-bond acceptors (Lipinski definition) is 3. The summed E-state index contributed by atoms with van der Waals surface area (Å²) in [5.41, 5.74) is 0. The molecule has 0 aromatic heterocycles. The highest BCUT2D eigenvalue weighted by molar-refractivity contribution is 4.76. The van der Waals surface area contributed by atoms with Crippen LogP contribution in [0.15, 0.2) is 0 Å². The lowest BCUT2D eigenvalue weighted by atomic mass is 10.0. The number of ether oxygens (including phenoxy) is 1.